The molecule has 0 amide bonds. The van der Waals surface area contributed by atoms with E-state index in [0.717, 1.165) is 25.2 Å². The summed E-state index contributed by atoms with van der Waals surface area (Å²) in [6.45, 7) is 6.79. The molecular weight excluding hydrogens is 427 g/mol. The first-order valence-corrected chi connectivity index (χ1v) is 7.99. The fourth-order valence-corrected chi connectivity index (χ4v) is 1.93. The molecule has 0 saturated carbocycles. The first-order valence-electron chi connectivity index (χ1n) is 7.99. The standard InChI is InChI=1S/C17H27F2N3O.HI/c1-13(2)7-10-23-11-9-22-17(20-3)21-8-6-14-12-15(18)4-5-16(14)19;/h4-5,12-13H,6-11H2,1-3H3,(H2,20,21,22);1H. The Bertz CT molecular complexity index is 499. The van der Waals surface area contributed by atoms with E-state index >= 15 is 0 Å². The van der Waals surface area contributed by atoms with Gasteiger partial charge in [-0.15, -0.1) is 24.0 Å². The van der Waals surface area contributed by atoms with E-state index in [1.165, 1.54) is 6.07 Å². The van der Waals surface area contributed by atoms with Gasteiger partial charge in [0.1, 0.15) is 11.6 Å². The highest BCUT2D eigenvalue weighted by Gasteiger charge is 2.04. The Morgan fingerprint density at radius 3 is 2.54 bits per heavy atom. The van der Waals surface area contributed by atoms with Crippen molar-refractivity contribution < 1.29 is 13.5 Å². The van der Waals surface area contributed by atoms with Crippen LogP contribution in [0, 0.1) is 17.6 Å². The Morgan fingerprint density at radius 2 is 1.88 bits per heavy atom. The molecule has 4 nitrogen and oxygen atoms in total. The van der Waals surface area contributed by atoms with Crippen LogP contribution in [0.1, 0.15) is 25.8 Å². The highest BCUT2D eigenvalue weighted by molar-refractivity contribution is 14.0. The molecule has 0 aromatic heterocycles. The molecule has 0 aliphatic rings. The van der Waals surface area contributed by atoms with E-state index in [1.807, 2.05) is 0 Å². The van der Waals surface area contributed by atoms with Crippen LogP contribution in [0.25, 0.3) is 0 Å². The average Bonchev–Trinajstić information content (AvgIpc) is 2.51. The first kappa shape index (κ1) is 23.0. The molecule has 1 aromatic rings. The van der Waals surface area contributed by atoms with E-state index < -0.39 is 11.6 Å². The van der Waals surface area contributed by atoms with Crippen molar-refractivity contribution in [3.8, 4) is 0 Å². The summed E-state index contributed by atoms with van der Waals surface area (Å²) >= 11 is 0. The molecule has 1 aromatic carbocycles. The lowest BCUT2D eigenvalue weighted by Crippen LogP contribution is -2.39. The van der Waals surface area contributed by atoms with Gasteiger partial charge in [-0.3, -0.25) is 4.99 Å². The third-order valence-corrected chi connectivity index (χ3v) is 3.30. The predicted octanol–water partition coefficient (Wildman–Crippen LogP) is 3.35. The molecule has 0 heterocycles. The lowest BCUT2D eigenvalue weighted by Gasteiger charge is -2.12. The molecule has 138 valence electrons. The molecule has 1 rings (SSSR count). The minimum Gasteiger partial charge on any atom is -0.380 e. The maximum Gasteiger partial charge on any atom is 0.191 e. The van der Waals surface area contributed by atoms with Gasteiger partial charge in [0.25, 0.3) is 0 Å². The van der Waals surface area contributed by atoms with E-state index in [2.05, 4.69) is 29.5 Å². The normalized spacial score (nSPS) is 11.3. The third kappa shape index (κ3) is 10.0. The molecule has 0 fully saturated rings. The van der Waals surface area contributed by atoms with Gasteiger partial charge in [-0.1, -0.05) is 13.8 Å². The van der Waals surface area contributed by atoms with Crippen LogP contribution in [0.5, 0.6) is 0 Å². The molecule has 24 heavy (non-hydrogen) atoms. The van der Waals surface area contributed by atoms with Gasteiger partial charge in [0.05, 0.1) is 6.61 Å². The second-order valence-corrected chi connectivity index (χ2v) is 5.71. The number of halogens is 3. The minimum atomic E-state index is -0.428. The number of benzene rings is 1. The molecule has 0 atom stereocenters. The van der Waals surface area contributed by atoms with Crippen molar-refractivity contribution in [3.63, 3.8) is 0 Å². The molecule has 0 spiro atoms. The van der Waals surface area contributed by atoms with Crippen LogP contribution in [0.15, 0.2) is 23.2 Å². The van der Waals surface area contributed by atoms with Gasteiger partial charge in [0.15, 0.2) is 5.96 Å². The SMILES string of the molecule is CN=C(NCCOCCC(C)C)NCCc1cc(F)ccc1F.I. The molecule has 0 unspecified atom stereocenters. The van der Waals surface area contributed by atoms with Crippen molar-refractivity contribution in [2.45, 2.75) is 26.7 Å². The Morgan fingerprint density at radius 1 is 1.17 bits per heavy atom. The Kier molecular flexibility index (Phi) is 12.8. The zero-order valence-electron chi connectivity index (χ0n) is 14.6. The van der Waals surface area contributed by atoms with Gasteiger partial charge in [0, 0.05) is 26.7 Å². The fourth-order valence-electron chi connectivity index (χ4n) is 1.93. The zero-order chi connectivity index (χ0) is 17.1. The molecule has 0 aliphatic heterocycles. The number of hydrogen-bond acceptors (Lipinski definition) is 2. The Balaban J connectivity index is 0.00000529. The van der Waals surface area contributed by atoms with Gasteiger partial charge in [-0.2, -0.15) is 0 Å². The first-order chi connectivity index (χ1) is 11.0. The van der Waals surface area contributed by atoms with Crippen LogP contribution in [-0.2, 0) is 11.2 Å². The zero-order valence-corrected chi connectivity index (χ0v) is 16.9. The largest absolute Gasteiger partial charge is 0.380 e. The highest BCUT2D eigenvalue weighted by Crippen LogP contribution is 2.09. The molecule has 7 heteroatoms. The number of guanidine groups is 1. The second-order valence-electron chi connectivity index (χ2n) is 5.71. The number of nitrogens with zero attached hydrogens (tertiary/aromatic N) is 1. The molecule has 0 saturated heterocycles. The van der Waals surface area contributed by atoms with Crippen molar-refractivity contribution in [2.24, 2.45) is 10.9 Å². The van der Waals surface area contributed by atoms with Gasteiger partial charge in [0.2, 0.25) is 0 Å². The number of ether oxygens (including phenoxy) is 1. The maximum absolute atomic E-state index is 13.5. The predicted molar refractivity (Wildman–Crippen MR) is 105 cm³/mol. The molecular formula is C17H28F2IN3O. The summed E-state index contributed by atoms with van der Waals surface area (Å²) in [4.78, 5) is 4.08. The van der Waals surface area contributed by atoms with E-state index in [1.54, 1.807) is 7.05 Å². The second kappa shape index (κ2) is 13.3. The van der Waals surface area contributed by atoms with Crippen molar-refractivity contribution >= 4 is 29.9 Å². The van der Waals surface area contributed by atoms with E-state index in [0.29, 0.717) is 43.6 Å². The smallest absolute Gasteiger partial charge is 0.191 e. The van der Waals surface area contributed by atoms with Crippen LogP contribution in [0.4, 0.5) is 8.78 Å². The average molecular weight is 455 g/mol. The summed E-state index contributed by atoms with van der Waals surface area (Å²) in [7, 11) is 1.66. The van der Waals surface area contributed by atoms with E-state index in [-0.39, 0.29) is 24.0 Å². The minimum absolute atomic E-state index is 0. The fraction of sp³-hybridized carbons (Fsp3) is 0.588. The number of rotatable bonds is 9. The molecule has 0 radical (unpaired) electrons. The maximum atomic E-state index is 13.5. The van der Waals surface area contributed by atoms with Crippen LogP contribution in [0.2, 0.25) is 0 Å². The summed E-state index contributed by atoms with van der Waals surface area (Å²) in [5, 5.41) is 6.18. The van der Waals surface area contributed by atoms with Gasteiger partial charge in [-0.05, 0) is 42.5 Å². The van der Waals surface area contributed by atoms with Crippen LogP contribution < -0.4 is 10.6 Å². The molecule has 0 aliphatic carbocycles. The van der Waals surface area contributed by atoms with Gasteiger partial charge >= 0.3 is 0 Å². The van der Waals surface area contributed by atoms with E-state index in [9.17, 15) is 8.78 Å². The number of nitrogens with one attached hydrogen (secondary N) is 2. The van der Waals surface area contributed by atoms with Gasteiger partial charge < -0.3 is 15.4 Å². The summed E-state index contributed by atoms with van der Waals surface area (Å²) in [6.07, 6.45) is 1.43. The Hall–Kier alpha value is -0.960. The van der Waals surface area contributed by atoms with Gasteiger partial charge in [-0.25, -0.2) is 8.78 Å². The van der Waals surface area contributed by atoms with E-state index in [4.69, 9.17) is 4.74 Å². The number of aliphatic imine (C=N–C) groups is 1. The van der Waals surface area contributed by atoms with Crippen molar-refractivity contribution in [1.82, 2.24) is 10.6 Å². The molecule has 0 bridgehead atoms. The van der Waals surface area contributed by atoms with Crippen molar-refractivity contribution in [1.29, 1.82) is 0 Å². The lowest BCUT2D eigenvalue weighted by atomic mass is 10.1. The highest BCUT2D eigenvalue weighted by atomic mass is 127. The summed E-state index contributed by atoms with van der Waals surface area (Å²) in [6, 6.07) is 3.48. The number of hydrogen-bond donors (Lipinski definition) is 2. The monoisotopic (exact) mass is 455 g/mol. The van der Waals surface area contributed by atoms with Crippen LogP contribution in [-0.4, -0.2) is 39.3 Å². The third-order valence-electron chi connectivity index (χ3n) is 3.30. The summed E-state index contributed by atoms with van der Waals surface area (Å²) in [5.74, 6) is 0.437. The topological polar surface area (TPSA) is 45.7 Å². The van der Waals surface area contributed by atoms with Crippen LogP contribution >= 0.6 is 24.0 Å². The Labute approximate surface area is 160 Å². The quantitative estimate of drug-likeness (QED) is 0.260. The lowest BCUT2D eigenvalue weighted by molar-refractivity contribution is 0.128. The van der Waals surface area contributed by atoms with Crippen molar-refractivity contribution in [2.75, 3.05) is 33.4 Å². The van der Waals surface area contributed by atoms with Crippen molar-refractivity contribution in [3.05, 3.63) is 35.4 Å². The summed E-state index contributed by atoms with van der Waals surface area (Å²) in [5.41, 5.74) is 0.352. The van der Waals surface area contributed by atoms with Crippen LogP contribution in [0.3, 0.4) is 0 Å². The molecule has 2 N–H and O–H groups in total. The summed E-state index contributed by atoms with van der Waals surface area (Å²) < 4.78 is 32.1.